The third kappa shape index (κ3) is 1.59. The van der Waals surface area contributed by atoms with Crippen molar-refractivity contribution in [1.29, 1.82) is 0 Å². The largest absolute Gasteiger partial charge is 0.465 e. The predicted molar refractivity (Wildman–Crippen MR) is 72.6 cm³/mol. The molecule has 19 heavy (non-hydrogen) atoms. The van der Waals surface area contributed by atoms with Crippen LogP contribution in [-0.4, -0.2) is 5.78 Å². The quantitative estimate of drug-likeness (QED) is 0.809. The summed E-state index contributed by atoms with van der Waals surface area (Å²) in [6, 6.07) is 10.1. The van der Waals surface area contributed by atoms with Crippen LogP contribution in [0.2, 0.25) is 0 Å². The molecule has 0 N–H and O–H groups in total. The second-order valence-corrected chi connectivity index (χ2v) is 5.68. The van der Waals surface area contributed by atoms with Gasteiger partial charge in [0.2, 0.25) is 0 Å². The monoisotopic (exact) mass is 252 g/mol. The van der Waals surface area contributed by atoms with E-state index < -0.39 is 0 Å². The van der Waals surface area contributed by atoms with Crippen LogP contribution in [0, 0.1) is 6.92 Å². The lowest BCUT2D eigenvalue weighted by Crippen LogP contribution is -2.08. The number of ketones is 1. The molecule has 0 radical (unpaired) electrons. The molecule has 96 valence electrons. The lowest BCUT2D eigenvalue weighted by Gasteiger charge is -2.09. The third-order valence-electron chi connectivity index (χ3n) is 4.36. The van der Waals surface area contributed by atoms with E-state index in [1.807, 2.05) is 25.1 Å². The van der Waals surface area contributed by atoms with Gasteiger partial charge in [0.15, 0.2) is 5.78 Å². The van der Waals surface area contributed by atoms with Crippen molar-refractivity contribution in [1.82, 2.24) is 0 Å². The third-order valence-corrected chi connectivity index (χ3v) is 4.36. The molecule has 0 spiro atoms. The van der Waals surface area contributed by atoms with Crippen molar-refractivity contribution in [3.8, 4) is 0 Å². The Morgan fingerprint density at radius 3 is 2.58 bits per heavy atom. The Balaban J connectivity index is 1.78. The molecule has 1 atom stereocenters. The number of benzene rings is 1. The van der Waals surface area contributed by atoms with E-state index in [4.69, 9.17) is 4.42 Å². The molecule has 0 bridgehead atoms. The van der Waals surface area contributed by atoms with Crippen molar-refractivity contribution >= 4 is 5.78 Å². The number of furan rings is 1. The van der Waals surface area contributed by atoms with E-state index in [1.165, 1.54) is 12.8 Å². The first-order valence-electron chi connectivity index (χ1n) is 6.97. The standard InChI is InChI=1S/C17H16O2/c1-10-13-9-14(11-5-3-2-4-6-11)16(18)15(13)17(19-10)12-7-8-12/h2-6,12,14H,7-9H2,1H3. The minimum absolute atomic E-state index is 0.00111. The zero-order chi connectivity index (χ0) is 13.0. The van der Waals surface area contributed by atoms with Gasteiger partial charge >= 0.3 is 0 Å². The number of rotatable bonds is 2. The van der Waals surface area contributed by atoms with Crippen molar-refractivity contribution < 1.29 is 9.21 Å². The SMILES string of the molecule is Cc1oc(C2CC2)c2c1CC(c1ccccc1)C2=O. The Kier molecular flexibility index (Phi) is 2.22. The number of fused-ring (bicyclic) bond motifs is 1. The van der Waals surface area contributed by atoms with Gasteiger partial charge in [-0.2, -0.15) is 0 Å². The molecule has 0 aliphatic heterocycles. The van der Waals surface area contributed by atoms with E-state index >= 15 is 0 Å². The van der Waals surface area contributed by atoms with E-state index in [-0.39, 0.29) is 11.7 Å². The number of hydrogen-bond acceptors (Lipinski definition) is 2. The second-order valence-electron chi connectivity index (χ2n) is 5.68. The van der Waals surface area contributed by atoms with Gasteiger partial charge in [-0.1, -0.05) is 30.3 Å². The molecule has 2 nitrogen and oxygen atoms in total. The zero-order valence-corrected chi connectivity index (χ0v) is 11.0. The molecular weight excluding hydrogens is 236 g/mol. The van der Waals surface area contributed by atoms with Crippen molar-refractivity contribution in [3.63, 3.8) is 0 Å². The highest BCUT2D eigenvalue weighted by Crippen LogP contribution is 2.48. The first-order chi connectivity index (χ1) is 9.25. The van der Waals surface area contributed by atoms with E-state index in [0.717, 1.165) is 34.6 Å². The molecule has 4 rings (SSSR count). The summed E-state index contributed by atoms with van der Waals surface area (Å²) in [6.45, 7) is 1.99. The Morgan fingerprint density at radius 2 is 1.89 bits per heavy atom. The van der Waals surface area contributed by atoms with Crippen LogP contribution < -0.4 is 0 Å². The highest BCUT2D eigenvalue weighted by atomic mass is 16.3. The minimum atomic E-state index is -0.00111. The van der Waals surface area contributed by atoms with Gasteiger partial charge in [-0.05, 0) is 31.7 Å². The van der Waals surface area contributed by atoms with Gasteiger partial charge in [0.25, 0.3) is 0 Å². The predicted octanol–water partition coefficient (Wildman–Crippen LogP) is 3.99. The van der Waals surface area contributed by atoms with Crippen LogP contribution >= 0.6 is 0 Å². The maximum atomic E-state index is 12.7. The van der Waals surface area contributed by atoms with Crippen molar-refractivity contribution in [2.45, 2.75) is 38.0 Å². The van der Waals surface area contributed by atoms with E-state index in [9.17, 15) is 4.79 Å². The smallest absolute Gasteiger partial charge is 0.174 e. The summed E-state index contributed by atoms with van der Waals surface area (Å²) in [5, 5.41) is 0. The van der Waals surface area contributed by atoms with Crippen LogP contribution in [-0.2, 0) is 6.42 Å². The van der Waals surface area contributed by atoms with Crippen molar-refractivity contribution in [3.05, 3.63) is 58.5 Å². The number of aryl methyl sites for hydroxylation is 1. The molecule has 2 aliphatic carbocycles. The number of Topliss-reactive ketones (excluding diaryl/α,β-unsaturated/α-hetero) is 1. The van der Waals surface area contributed by atoms with Gasteiger partial charge in [-0.15, -0.1) is 0 Å². The van der Waals surface area contributed by atoms with Crippen molar-refractivity contribution in [2.24, 2.45) is 0 Å². The van der Waals surface area contributed by atoms with Gasteiger partial charge in [-0.3, -0.25) is 4.79 Å². The Labute approximate surface area is 112 Å². The van der Waals surface area contributed by atoms with Crippen LogP contribution in [0.1, 0.15) is 57.7 Å². The minimum Gasteiger partial charge on any atom is -0.465 e. The highest BCUT2D eigenvalue weighted by molar-refractivity contribution is 6.06. The molecule has 2 aliphatic rings. The van der Waals surface area contributed by atoms with Gasteiger partial charge in [0, 0.05) is 11.5 Å². The Morgan fingerprint density at radius 1 is 1.16 bits per heavy atom. The average molecular weight is 252 g/mol. The molecular formula is C17H16O2. The van der Waals surface area contributed by atoms with Gasteiger partial charge in [0.1, 0.15) is 11.5 Å². The van der Waals surface area contributed by atoms with Crippen LogP contribution in [0.15, 0.2) is 34.7 Å². The topological polar surface area (TPSA) is 30.2 Å². The summed E-state index contributed by atoms with van der Waals surface area (Å²) < 4.78 is 5.85. The maximum absolute atomic E-state index is 12.7. The summed E-state index contributed by atoms with van der Waals surface area (Å²) in [5.41, 5.74) is 3.19. The fraction of sp³-hybridized carbons (Fsp3) is 0.353. The number of hydrogen-bond donors (Lipinski definition) is 0. The average Bonchev–Trinajstić information content (AvgIpc) is 3.14. The first kappa shape index (κ1) is 11.0. The Bertz CT molecular complexity index is 647. The van der Waals surface area contributed by atoms with E-state index in [2.05, 4.69) is 12.1 Å². The fourth-order valence-corrected chi connectivity index (χ4v) is 3.18. The van der Waals surface area contributed by atoms with Gasteiger partial charge in [-0.25, -0.2) is 0 Å². The lowest BCUT2D eigenvalue weighted by molar-refractivity contribution is 0.0970. The molecule has 2 aromatic rings. The normalized spacial score (nSPS) is 21.7. The van der Waals surface area contributed by atoms with Gasteiger partial charge in [0.05, 0.1) is 11.5 Å². The van der Waals surface area contributed by atoms with E-state index in [1.54, 1.807) is 0 Å². The summed E-state index contributed by atoms with van der Waals surface area (Å²) in [7, 11) is 0. The lowest BCUT2D eigenvalue weighted by atomic mass is 9.95. The Hall–Kier alpha value is -1.83. The molecule has 1 aromatic carbocycles. The summed E-state index contributed by atoms with van der Waals surface area (Å²) in [5.74, 6) is 2.68. The molecule has 1 aromatic heterocycles. The summed E-state index contributed by atoms with van der Waals surface area (Å²) in [4.78, 5) is 12.7. The fourth-order valence-electron chi connectivity index (χ4n) is 3.18. The van der Waals surface area contributed by atoms with E-state index in [0.29, 0.717) is 5.92 Å². The second kappa shape index (κ2) is 3.83. The zero-order valence-electron chi connectivity index (χ0n) is 11.0. The van der Waals surface area contributed by atoms with Crippen molar-refractivity contribution in [2.75, 3.05) is 0 Å². The molecule has 0 saturated heterocycles. The molecule has 1 heterocycles. The molecule has 1 unspecified atom stereocenters. The molecule has 1 saturated carbocycles. The summed E-state index contributed by atoms with van der Waals surface area (Å²) in [6.07, 6.45) is 3.14. The van der Waals surface area contributed by atoms with Crippen LogP contribution in [0.25, 0.3) is 0 Å². The first-order valence-corrected chi connectivity index (χ1v) is 6.97. The molecule has 2 heteroatoms. The van der Waals surface area contributed by atoms with Crippen LogP contribution in [0.5, 0.6) is 0 Å². The summed E-state index contributed by atoms with van der Waals surface area (Å²) >= 11 is 0. The molecule has 1 fully saturated rings. The van der Waals surface area contributed by atoms with Gasteiger partial charge < -0.3 is 4.42 Å². The highest BCUT2D eigenvalue weighted by Gasteiger charge is 2.41. The maximum Gasteiger partial charge on any atom is 0.174 e. The molecule has 0 amide bonds. The number of carbonyl (C=O) groups is 1. The van der Waals surface area contributed by atoms with Crippen LogP contribution in [0.3, 0.4) is 0 Å². The number of carbonyl (C=O) groups excluding carboxylic acids is 1. The van der Waals surface area contributed by atoms with Crippen LogP contribution in [0.4, 0.5) is 0 Å².